The minimum atomic E-state index is -2.25. The van der Waals surface area contributed by atoms with Crippen LogP contribution in [0.5, 0.6) is 5.75 Å². The second kappa shape index (κ2) is 15.5. The van der Waals surface area contributed by atoms with Gasteiger partial charge in [0.25, 0.3) is 5.91 Å². The molecule has 0 radical (unpaired) electrons. The molecule has 2 amide bonds. The molecule has 5 rings (SSSR count). The number of hydrogen-bond donors (Lipinski definition) is 1. The van der Waals surface area contributed by atoms with E-state index in [4.69, 9.17) is 13.9 Å². The number of halogens is 1. The Morgan fingerprint density at radius 2 is 1.63 bits per heavy atom. The molecule has 3 unspecified atom stereocenters. The summed E-state index contributed by atoms with van der Waals surface area (Å²) in [4.78, 5) is 30.0. The van der Waals surface area contributed by atoms with E-state index in [0.717, 1.165) is 5.56 Å². The third-order valence-electron chi connectivity index (χ3n) is 10.1. The molecule has 1 fully saturated rings. The van der Waals surface area contributed by atoms with Crippen LogP contribution < -0.4 is 10.1 Å². The molecule has 1 aliphatic rings. The summed E-state index contributed by atoms with van der Waals surface area (Å²) in [6, 6.07) is 31.2. The highest BCUT2D eigenvalue weighted by Crippen LogP contribution is 2.46. The zero-order valence-corrected chi connectivity index (χ0v) is 31.1. The standard InChI is InChI=1S/C41H46FN3O5Si/c1-40(2,3)51(5,6)50-36(30-21-23-32(42)24-22-30)18-12-16-35(44-33-25-19-29(27-43)20-26-33)38(46)45-39(47)49-28-41(45,31-13-8-7-9-14-31)34-15-10-11-17-37(34)48-4/h7-11,13-15,17,19-26,35-36,44H,12,16,18,28H2,1-6H3. The average Bonchev–Trinajstić information content (AvgIpc) is 3.48. The zero-order chi connectivity index (χ0) is 36.8. The number of nitrogens with zero attached hydrogens (tertiary/aromatic N) is 2. The van der Waals surface area contributed by atoms with Crippen molar-refractivity contribution in [2.45, 2.75) is 75.9 Å². The van der Waals surface area contributed by atoms with Gasteiger partial charge in [-0.1, -0.05) is 81.4 Å². The van der Waals surface area contributed by atoms with Gasteiger partial charge in [-0.15, -0.1) is 0 Å². The minimum Gasteiger partial charge on any atom is -0.496 e. The van der Waals surface area contributed by atoms with Crippen molar-refractivity contribution in [2.24, 2.45) is 0 Å². The first-order valence-electron chi connectivity index (χ1n) is 17.2. The van der Waals surface area contributed by atoms with E-state index >= 15 is 0 Å². The Hall–Kier alpha value is -4.98. The molecule has 0 saturated carbocycles. The summed E-state index contributed by atoms with van der Waals surface area (Å²) in [5.74, 6) is -0.282. The molecule has 1 saturated heterocycles. The molecule has 4 aromatic rings. The summed E-state index contributed by atoms with van der Waals surface area (Å²) in [6.45, 7) is 10.8. The Bertz CT molecular complexity index is 1860. The SMILES string of the molecule is COc1ccccc1C1(c2ccccc2)COC(=O)N1C(=O)C(CCCC(O[Si](C)(C)C(C)(C)C)c1ccc(F)cc1)Nc1ccc(C#N)cc1. The molecule has 0 spiro atoms. The number of amides is 2. The van der Waals surface area contributed by atoms with Crippen LogP contribution >= 0.6 is 0 Å². The van der Waals surface area contributed by atoms with Gasteiger partial charge in [-0.2, -0.15) is 5.26 Å². The van der Waals surface area contributed by atoms with Crippen LogP contribution in [0.3, 0.4) is 0 Å². The Kier molecular flexibility index (Phi) is 11.3. The van der Waals surface area contributed by atoms with E-state index in [1.165, 1.54) is 17.0 Å². The highest BCUT2D eigenvalue weighted by atomic mass is 28.4. The summed E-state index contributed by atoms with van der Waals surface area (Å²) >= 11 is 0. The fourth-order valence-electron chi connectivity index (χ4n) is 6.26. The molecule has 51 heavy (non-hydrogen) atoms. The zero-order valence-electron chi connectivity index (χ0n) is 30.1. The Labute approximate surface area is 301 Å². The Balaban J connectivity index is 1.53. The van der Waals surface area contributed by atoms with Crippen molar-refractivity contribution < 1.29 is 27.9 Å². The lowest BCUT2D eigenvalue weighted by Crippen LogP contribution is -2.54. The highest BCUT2D eigenvalue weighted by molar-refractivity contribution is 6.74. The molecule has 0 aliphatic carbocycles. The van der Waals surface area contributed by atoms with E-state index in [-0.39, 0.29) is 23.6 Å². The monoisotopic (exact) mass is 707 g/mol. The molecule has 266 valence electrons. The van der Waals surface area contributed by atoms with Crippen LogP contribution in [-0.2, 0) is 19.5 Å². The van der Waals surface area contributed by atoms with Crippen LogP contribution in [-0.4, -0.2) is 45.0 Å². The van der Waals surface area contributed by atoms with Gasteiger partial charge in [0.05, 0.1) is 24.8 Å². The normalized spacial score (nSPS) is 17.3. The van der Waals surface area contributed by atoms with Crippen molar-refractivity contribution in [3.63, 3.8) is 0 Å². The second-order valence-corrected chi connectivity index (χ2v) is 19.1. The third kappa shape index (κ3) is 8.00. The first-order chi connectivity index (χ1) is 24.3. The van der Waals surface area contributed by atoms with Crippen LogP contribution in [0.25, 0.3) is 0 Å². The molecule has 0 bridgehead atoms. The predicted octanol–water partition coefficient (Wildman–Crippen LogP) is 9.34. The van der Waals surface area contributed by atoms with E-state index in [1.807, 2.05) is 48.5 Å². The maximum Gasteiger partial charge on any atom is 0.417 e. The lowest BCUT2D eigenvalue weighted by molar-refractivity contribution is -0.132. The Morgan fingerprint density at radius 3 is 2.25 bits per heavy atom. The number of cyclic esters (lactones) is 1. The van der Waals surface area contributed by atoms with Gasteiger partial charge in [-0.25, -0.2) is 14.1 Å². The largest absolute Gasteiger partial charge is 0.496 e. The van der Waals surface area contributed by atoms with E-state index in [9.17, 15) is 19.2 Å². The van der Waals surface area contributed by atoms with Crippen molar-refractivity contribution in [2.75, 3.05) is 19.0 Å². The van der Waals surface area contributed by atoms with Gasteiger partial charge in [0, 0.05) is 11.3 Å². The van der Waals surface area contributed by atoms with Gasteiger partial charge >= 0.3 is 6.09 Å². The summed E-state index contributed by atoms with van der Waals surface area (Å²) in [6.07, 6.45) is 0.333. The number of ether oxygens (including phenoxy) is 2. The maximum atomic E-state index is 15.0. The van der Waals surface area contributed by atoms with E-state index < -0.39 is 31.9 Å². The number of carbonyl (C=O) groups excluding carboxylic acids is 2. The number of hydrogen-bond acceptors (Lipinski definition) is 7. The van der Waals surface area contributed by atoms with E-state index in [2.05, 4.69) is 45.3 Å². The second-order valence-electron chi connectivity index (χ2n) is 14.4. The number of para-hydroxylation sites is 1. The summed E-state index contributed by atoms with van der Waals surface area (Å²) < 4.78 is 32.4. The lowest BCUT2D eigenvalue weighted by atomic mass is 9.81. The maximum absolute atomic E-state index is 15.0. The quantitative estimate of drug-likeness (QED) is 0.138. The van der Waals surface area contributed by atoms with Gasteiger partial charge in [0.1, 0.15) is 29.8 Å². The van der Waals surface area contributed by atoms with Crippen molar-refractivity contribution in [1.82, 2.24) is 4.90 Å². The fourth-order valence-corrected chi connectivity index (χ4v) is 7.58. The van der Waals surface area contributed by atoms with Gasteiger partial charge in [-0.3, -0.25) is 4.79 Å². The molecule has 1 aliphatic heterocycles. The topological polar surface area (TPSA) is 101 Å². The van der Waals surface area contributed by atoms with Crippen LogP contribution in [0.2, 0.25) is 18.1 Å². The van der Waals surface area contributed by atoms with Crippen LogP contribution in [0.4, 0.5) is 14.9 Å². The number of benzene rings is 4. The first-order valence-corrected chi connectivity index (χ1v) is 20.1. The smallest absolute Gasteiger partial charge is 0.417 e. The number of imide groups is 1. The van der Waals surface area contributed by atoms with E-state index in [1.54, 1.807) is 49.6 Å². The predicted molar refractivity (Wildman–Crippen MR) is 198 cm³/mol. The molecule has 1 heterocycles. The highest BCUT2D eigenvalue weighted by Gasteiger charge is 2.55. The Morgan fingerprint density at radius 1 is 0.980 bits per heavy atom. The minimum absolute atomic E-state index is 0.0592. The van der Waals surface area contributed by atoms with Crippen molar-refractivity contribution in [3.8, 4) is 11.8 Å². The van der Waals surface area contributed by atoms with Crippen LogP contribution in [0.1, 0.15) is 68.4 Å². The molecule has 8 nitrogen and oxygen atoms in total. The van der Waals surface area contributed by atoms with Crippen LogP contribution in [0.15, 0.2) is 103 Å². The van der Waals surface area contributed by atoms with Gasteiger partial charge in [0.15, 0.2) is 8.32 Å². The molecule has 3 atom stereocenters. The molecular formula is C41H46FN3O5Si. The molecule has 10 heteroatoms. The third-order valence-corrected chi connectivity index (χ3v) is 14.6. The number of carbonyl (C=O) groups is 2. The molecule has 4 aromatic carbocycles. The number of rotatable bonds is 13. The fraction of sp³-hybridized carbons (Fsp3) is 0.341. The molecular weight excluding hydrogens is 662 g/mol. The van der Waals surface area contributed by atoms with Gasteiger partial charge in [0.2, 0.25) is 0 Å². The van der Waals surface area contributed by atoms with E-state index in [0.29, 0.717) is 47.4 Å². The number of methoxy groups -OCH3 is 1. The number of nitriles is 1. The number of anilines is 1. The van der Waals surface area contributed by atoms with Gasteiger partial charge in [-0.05, 0) is 91.0 Å². The summed E-state index contributed by atoms with van der Waals surface area (Å²) in [5.41, 5.74) is 1.98. The summed E-state index contributed by atoms with van der Waals surface area (Å²) in [7, 11) is -0.695. The van der Waals surface area contributed by atoms with Crippen LogP contribution in [0, 0.1) is 17.1 Å². The number of nitrogens with one attached hydrogen (secondary N) is 1. The molecule has 0 aromatic heterocycles. The van der Waals surface area contributed by atoms with Crippen molar-refractivity contribution in [1.29, 1.82) is 5.26 Å². The lowest BCUT2D eigenvalue weighted by Gasteiger charge is -2.40. The molecule has 1 N–H and O–H groups in total. The average molecular weight is 708 g/mol. The van der Waals surface area contributed by atoms with Gasteiger partial charge < -0.3 is 19.2 Å². The summed E-state index contributed by atoms with van der Waals surface area (Å²) in [5, 5.41) is 12.7. The first kappa shape index (κ1) is 37.3. The van der Waals surface area contributed by atoms with Crippen molar-refractivity contribution in [3.05, 3.63) is 131 Å². The van der Waals surface area contributed by atoms with Crippen molar-refractivity contribution >= 4 is 26.0 Å².